The summed E-state index contributed by atoms with van der Waals surface area (Å²) in [5.41, 5.74) is 5.31. The summed E-state index contributed by atoms with van der Waals surface area (Å²) in [5.74, 6) is 0.848. The number of hydrogen-bond donors (Lipinski definition) is 2. The van der Waals surface area contributed by atoms with Crippen molar-refractivity contribution in [3.05, 3.63) is 97.4 Å². The Labute approximate surface area is 164 Å². The Bertz CT molecular complexity index is 1170. The van der Waals surface area contributed by atoms with E-state index in [-0.39, 0.29) is 0 Å². The van der Waals surface area contributed by atoms with Crippen molar-refractivity contribution in [3.8, 4) is 22.5 Å². The van der Waals surface area contributed by atoms with Crippen molar-refractivity contribution in [2.75, 3.05) is 18.4 Å². The first-order chi connectivity index (χ1) is 13.8. The summed E-state index contributed by atoms with van der Waals surface area (Å²) in [5, 5.41) is 5.43. The topological polar surface area (TPSA) is 39.1 Å². The van der Waals surface area contributed by atoms with E-state index >= 15 is 0 Å². The van der Waals surface area contributed by atoms with Gasteiger partial charge in [-0.15, -0.1) is 6.58 Å². The SMILES string of the molecule is C=CCNc1ccc2c(-c3ccccc3)c3ccc(=[NH+]CC=C)cc-3oc2c1. The molecule has 1 heterocycles. The van der Waals surface area contributed by atoms with Crippen LogP contribution in [0, 0.1) is 0 Å². The largest absolute Gasteiger partial charge is 0.456 e. The molecule has 2 aromatic rings. The van der Waals surface area contributed by atoms with Crippen molar-refractivity contribution >= 4 is 16.7 Å². The van der Waals surface area contributed by atoms with Gasteiger partial charge in [-0.05, 0) is 29.8 Å². The lowest BCUT2D eigenvalue weighted by molar-refractivity contribution is -0.488. The average molecular weight is 367 g/mol. The second-order valence-electron chi connectivity index (χ2n) is 6.60. The number of benzene rings is 3. The summed E-state index contributed by atoms with van der Waals surface area (Å²) in [6.07, 6.45) is 3.68. The van der Waals surface area contributed by atoms with Crippen molar-refractivity contribution in [1.82, 2.24) is 0 Å². The molecule has 1 aliphatic carbocycles. The molecule has 0 saturated carbocycles. The maximum atomic E-state index is 6.32. The molecular formula is C25H23N2O+. The van der Waals surface area contributed by atoms with Crippen LogP contribution in [0.3, 0.4) is 0 Å². The lowest BCUT2D eigenvalue weighted by Crippen LogP contribution is -2.76. The van der Waals surface area contributed by atoms with Gasteiger partial charge >= 0.3 is 0 Å². The Morgan fingerprint density at radius 1 is 0.929 bits per heavy atom. The zero-order valence-corrected chi connectivity index (χ0v) is 15.7. The monoisotopic (exact) mass is 367 g/mol. The molecule has 3 heteroatoms. The first kappa shape index (κ1) is 17.8. The van der Waals surface area contributed by atoms with Crippen LogP contribution in [0.4, 0.5) is 5.69 Å². The van der Waals surface area contributed by atoms with Crippen molar-refractivity contribution < 1.29 is 9.41 Å². The number of nitrogens with one attached hydrogen (secondary N) is 2. The second-order valence-corrected chi connectivity index (χ2v) is 6.60. The molecule has 2 N–H and O–H groups in total. The summed E-state index contributed by atoms with van der Waals surface area (Å²) in [6, 6.07) is 23.0. The van der Waals surface area contributed by atoms with Crippen LogP contribution in [0.1, 0.15) is 0 Å². The fourth-order valence-corrected chi connectivity index (χ4v) is 3.41. The molecule has 4 rings (SSSR count). The van der Waals surface area contributed by atoms with Crippen LogP contribution in [0.25, 0.3) is 33.4 Å². The Balaban J connectivity index is 2.01. The molecular weight excluding hydrogens is 344 g/mol. The lowest BCUT2D eigenvalue weighted by Gasteiger charge is -2.15. The molecule has 0 amide bonds. The predicted molar refractivity (Wildman–Crippen MR) is 116 cm³/mol. The minimum atomic E-state index is 0.709. The molecule has 0 fully saturated rings. The number of anilines is 1. The summed E-state index contributed by atoms with van der Waals surface area (Å²) in [4.78, 5) is 3.33. The maximum absolute atomic E-state index is 6.32. The summed E-state index contributed by atoms with van der Waals surface area (Å²) < 4.78 is 6.32. The number of fused-ring (bicyclic) bond motifs is 2. The van der Waals surface area contributed by atoms with Gasteiger partial charge in [-0.25, -0.2) is 4.99 Å². The highest BCUT2D eigenvalue weighted by Crippen LogP contribution is 2.40. The van der Waals surface area contributed by atoms with E-state index in [9.17, 15) is 0 Å². The summed E-state index contributed by atoms with van der Waals surface area (Å²) in [7, 11) is 0. The van der Waals surface area contributed by atoms with Crippen molar-refractivity contribution in [2.24, 2.45) is 0 Å². The molecule has 0 bridgehead atoms. The summed E-state index contributed by atoms with van der Waals surface area (Å²) >= 11 is 0. The summed E-state index contributed by atoms with van der Waals surface area (Å²) in [6.45, 7) is 8.95. The highest BCUT2D eigenvalue weighted by atomic mass is 16.3. The van der Waals surface area contributed by atoms with Crippen LogP contribution >= 0.6 is 0 Å². The minimum Gasteiger partial charge on any atom is -0.456 e. The van der Waals surface area contributed by atoms with Gasteiger partial charge in [-0.1, -0.05) is 43.0 Å². The minimum absolute atomic E-state index is 0.709. The molecule has 0 unspecified atom stereocenters. The van der Waals surface area contributed by atoms with E-state index in [1.807, 2.05) is 18.2 Å². The molecule has 1 aliphatic heterocycles. The maximum Gasteiger partial charge on any atom is 0.202 e. The molecule has 2 aliphatic rings. The zero-order chi connectivity index (χ0) is 19.3. The fraction of sp³-hybridized carbons (Fsp3) is 0.0800. The standard InChI is InChI=1S/C25H22N2O/c1-3-14-26-19-10-12-21-23(16-19)28-24-17-20(27-15-4-2)11-13-22(24)25(21)18-8-6-5-7-9-18/h3-13,16-17,26H,1-2,14-15H2/p+1. The molecule has 28 heavy (non-hydrogen) atoms. The van der Waals surface area contributed by atoms with E-state index in [0.29, 0.717) is 13.1 Å². The van der Waals surface area contributed by atoms with E-state index in [0.717, 1.165) is 33.3 Å². The van der Waals surface area contributed by atoms with Crippen molar-refractivity contribution in [3.63, 3.8) is 0 Å². The molecule has 0 saturated heterocycles. The predicted octanol–water partition coefficient (Wildman–Crippen LogP) is 3.97. The molecule has 138 valence electrons. The van der Waals surface area contributed by atoms with E-state index in [1.165, 1.54) is 11.1 Å². The third-order valence-electron chi connectivity index (χ3n) is 4.69. The zero-order valence-electron chi connectivity index (χ0n) is 15.7. The van der Waals surface area contributed by atoms with Crippen molar-refractivity contribution in [2.45, 2.75) is 0 Å². The van der Waals surface area contributed by atoms with Crippen LogP contribution in [0.2, 0.25) is 0 Å². The van der Waals surface area contributed by atoms with Gasteiger partial charge in [0.2, 0.25) is 5.36 Å². The Morgan fingerprint density at radius 2 is 1.79 bits per heavy atom. The molecule has 3 nitrogen and oxygen atoms in total. The lowest BCUT2D eigenvalue weighted by atomic mass is 9.93. The van der Waals surface area contributed by atoms with Gasteiger partial charge in [0.05, 0.1) is 6.07 Å². The number of hydrogen-bond acceptors (Lipinski definition) is 2. The van der Waals surface area contributed by atoms with E-state index in [1.54, 1.807) is 0 Å². The second kappa shape index (κ2) is 7.97. The van der Waals surface area contributed by atoms with Gasteiger partial charge in [0, 0.05) is 40.9 Å². The molecule has 2 aromatic carbocycles. The average Bonchev–Trinajstić information content (AvgIpc) is 2.74. The van der Waals surface area contributed by atoms with Gasteiger partial charge in [0.25, 0.3) is 0 Å². The normalized spacial score (nSPS) is 11.6. The van der Waals surface area contributed by atoms with Crippen LogP contribution in [-0.2, 0) is 0 Å². The van der Waals surface area contributed by atoms with E-state index in [4.69, 9.17) is 4.42 Å². The highest BCUT2D eigenvalue weighted by Gasteiger charge is 2.17. The Hall–Kier alpha value is -3.59. The van der Waals surface area contributed by atoms with Gasteiger partial charge in [0.1, 0.15) is 11.3 Å². The Morgan fingerprint density at radius 3 is 2.57 bits per heavy atom. The van der Waals surface area contributed by atoms with Gasteiger partial charge in [-0.3, -0.25) is 0 Å². The number of rotatable bonds is 6. The first-order valence-electron chi connectivity index (χ1n) is 9.39. The van der Waals surface area contributed by atoms with E-state index < -0.39 is 0 Å². The molecule has 0 spiro atoms. The van der Waals surface area contributed by atoms with Crippen molar-refractivity contribution in [1.29, 1.82) is 0 Å². The molecule has 0 atom stereocenters. The third-order valence-corrected chi connectivity index (χ3v) is 4.69. The Kier molecular flexibility index (Phi) is 5.07. The van der Waals surface area contributed by atoms with Crippen LogP contribution in [0.15, 0.2) is 96.5 Å². The smallest absolute Gasteiger partial charge is 0.202 e. The van der Waals surface area contributed by atoms with Crippen LogP contribution in [-0.4, -0.2) is 13.1 Å². The fourth-order valence-electron chi connectivity index (χ4n) is 3.41. The quantitative estimate of drug-likeness (QED) is 0.400. The van der Waals surface area contributed by atoms with Gasteiger partial charge in [-0.2, -0.15) is 0 Å². The van der Waals surface area contributed by atoms with E-state index in [2.05, 4.69) is 84.1 Å². The first-order valence-corrected chi connectivity index (χ1v) is 9.39. The molecule has 0 radical (unpaired) electrons. The third kappa shape index (κ3) is 3.47. The highest BCUT2D eigenvalue weighted by molar-refractivity contribution is 6.02. The van der Waals surface area contributed by atoms with Crippen LogP contribution < -0.4 is 15.7 Å². The van der Waals surface area contributed by atoms with Gasteiger partial charge in [0.15, 0.2) is 6.54 Å². The van der Waals surface area contributed by atoms with Crippen LogP contribution in [0.5, 0.6) is 0 Å². The molecule has 0 aromatic heterocycles. The van der Waals surface area contributed by atoms with Gasteiger partial charge < -0.3 is 9.73 Å².